The summed E-state index contributed by atoms with van der Waals surface area (Å²) in [6.45, 7) is 5.61. The zero-order valence-corrected chi connectivity index (χ0v) is 18.2. The van der Waals surface area contributed by atoms with Crippen molar-refractivity contribution in [3.05, 3.63) is 65.9 Å². The number of benzene rings is 2. The van der Waals surface area contributed by atoms with Crippen LogP contribution in [0, 0.1) is 12.8 Å². The van der Waals surface area contributed by atoms with E-state index in [-0.39, 0.29) is 4.90 Å². The van der Waals surface area contributed by atoms with Crippen molar-refractivity contribution in [2.24, 2.45) is 5.92 Å². The Labute approximate surface area is 177 Å². The zero-order valence-electron chi connectivity index (χ0n) is 17.3. The van der Waals surface area contributed by atoms with Crippen LogP contribution in [0.4, 0.5) is 0 Å². The Kier molecular flexibility index (Phi) is 5.61. The summed E-state index contributed by atoms with van der Waals surface area (Å²) in [7, 11) is -4.01. The molecule has 7 heteroatoms. The van der Waals surface area contributed by atoms with E-state index in [0.29, 0.717) is 23.4 Å². The second kappa shape index (κ2) is 8.06. The molecule has 1 fully saturated rings. The average Bonchev–Trinajstić information content (AvgIpc) is 3.08. The second-order valence-corrected chi connectivity index (χ2v) is 9.93. The molecule has 6 nitrogen and oxygen atoms in total. The van der Waals surface area contributed by atoms with E-state index in [0.717, 1.165) is 36.9 Å². The number of para-hydroxylation sites is 1. The van der Waals surface area contributed by atoms with E-state index in [1.165, 1.54) is 16.9 Å². The fraction of sp³-hybridized carbons (Fsp3) is 0.391. The Morgan fingerprint density at radius 1 is 1.13 bits per heavy atom. The number of hydrogen-bond acceptors (Lipinski definition) is 5. The molecule has 1 atom stereocenters. The molecule has 2 aromatic carbocycles. The molecule has 2 N–H and O–H groups in total. The summed E-state index contributed by atoms with van der Waals surface area (Å²) in [6.07, 6.45) is 4.27. The van der Waals surface area contributed by atoms with Gasteiger partial charge in [0.2, 0.25) is 0 Å². The predicted molar refractivity (Wildman–Crippen MR) is 117 cm³/mol. The molecule has 0 amide bonds. The Bertz CT molecular complexity index is 1130. The van der Waals surface area contributed by atoms with Crippen LogP contribution in [0.3, 0.4) is 0 Å². The smallest absolute Gasteiger partial charge is 0.357 e. The Balaban J connectivity index is 1.69. The fourth-order valence-corrected chi connectivity index (χ4v) is 5.14. The van der Waals surface area contributed by atoms with E-state index in [4.69, 9.17) is 4.28 Å². The van der Waals surface area contributed by atoms with Gasteiger partial charge in [0, 0.05) is 10.9 Å². The van der Waals surface area contributed by atoms with E-state index in [1.807, 2.05) is 25.1 Å². The molecule has 4 rings (SSSR count). The van der Waals surface area contributed by atoms with E-state index in [1.54, 1.807) is 31.3 Å². The molecule has 0 radical (unpaired) electrons. The molecule has 3 aromatic rings. The Morgan fingerprint density at radius 3 is 2.50 bits per heavy atom. The Morgan fingerprint density at radius 2 is 1.80 bits per heavy atom. The van der Waals surface area contributed by atoms with Crippen molar-refractivity contribution in [3.8, 4) is 0 Å². The maximum Gasteiger partial charge on any atom is 0.357 e. The molecule has 0 bridgehead atoms. The quantitative estimate of drug-likeness (QED) is 0.629. The summed E-state index contributed by atoms with van der Waals surface area (Å²) in [4.78, 5) is 0.0916. The van der Waals surface area contributed by atoms with Crippen LogP contribution >= 0.6 is 0 Å². The van der Waals surface area contributed by atoms with Gasteiger partial charge in [0.1, 0.15) is 4.90 Å². The molecule has 1 aromatic heterocycles. The van der Waals surface area contributed by atoms with Crippen molar-refractivity contribution in [1.29, 1.82) is 0 Å². The maximum absolute atomic E-state index is 12.8. The van der Waals surface area contributed by atoms with Crippen molar-refractivity contribution in [1.82, 2.24) is 10.0 Å². The van der Waals surface area contributed by atoms with Gasteiger partial charge >= 0.3 is 10.1 Å². The van der Waals surface area contributed by atoms with E-state index in [9.17, 15) is 13.5 Å². The molecule has 0 aliphatic carbocycles. The van der Waals surface area contributed by atoms with Crippen LogP contribution in [-0.2, 0) is 15.7 Å². The number of aliphatic hydroxyl groups is 1. The van der Waals surface area contributed by atoms with Gasteiger partial charge in [-0.1, -0.05) is 35.9 Å². The van der Waals surface area contributed by atoms with Gasteiger partial charge in [0.25, 0.3) is 0 Å². The van der Waals surface area contributed by atoms with Gasteiger partial charge in [-0.3, -0.25) is 4.28 Å². The van der Waals surface area contributed by atoms with Gasteiger partial charge in [-0.2, -0.15) is 13.1 Å². The number of nitrogens with one attached hydrogen (secondary N) is 1. The highest BCUT2D eigenvalue weighted by Crippen LogP contribution is 2.36. The van der Waals surface area contributed by atoms with E-state index >= 15 is 0 Å². The van der Waals surface area contributed by atoms with Crippen molar-refractivity contribution in [2.75, 3.05) is 13.1 Å². The van der Waals surface area contributed by atoms with Gasteiger partial charge in [0.05, 0.1) is 17.3 Å². The molecule has 1 saturated heterocycles. The third-order valence-electron chi connectivity index (χ3n) is 5.89. The summed E-state index contributed by atoms with van der Waals surface area (Å²) in [5.41, 5.74) is 1.16. The van der Waals surface area contributed by atoms with Gasteiger partial charge in [0.15, 0.2) is 0 Å². The van der Waals surface area contributed by atoms with Gasteiger partial charge < -0.3 is 10.4 Å². The lowest BCUT2D eigenvalue weighted by Crippen LogP contribution is -2.33. The monoisotopic (exact) mass is 428 g/mol. The first kappa shape index (κ1) is 20.9. The number of piperidine rings is 1. The molecular formula is C23H28N2O4S. The topological polar surface area (TPSA) is 80.6 Å². The van der Waals surface area contributed by atoms with Crippen LogP contribution in [0.15, 0.2) is 59.6 Å². The summed E-state index contributed by atoms with van der Waals surface area (Å²) in [5.74, 6) is 0.417. The van der Waals surface area contributed by atoms with Crippen LogP contribution in [0.2, 0.25) is 0 Å². The third-order valence-corrected chi connectivity index (χ3v) is 7.10. The van der Waals surface area contributed by atoms with Crippen LogP contribution in [0.1, 0.15) is 37.3 Å². The SMILES string of the molecule is Cc1ccc(S(=O)(=O)On2cc(C(C)(O)CC3CCNCC3)c3ccccc32)cc1. The van der Waals surface area contributed by atoms with Gasteiger partial charge in [-0.05, 0) is 70.3 Å². The molecule has 0 spiro atoms. The second-order valence-electron chi connectivity index (χ2n) is 8.40. The molecule has 1 aliphatic rings. The molecule has 1 unspecified atom stereocenters. The zero-order chi connectivity index (χ0) is 21.4. The standard InChI is InChI=1S/C23H28N2O4S/c1-17-7-9-19(10-8-17)30(27,28)29-25-16-21(20-5-3-4-6-22(20)25)23(2,26)15-18-11-13-24-14-12-18/h3-10,16,18,24,26H,11-15H2,1-2H3. The third kappa shape index (κ3) is 4.24. The first-order valence-corrected chi connectivity index (χ1v) is 11.7. The highest BCUT2D eigenvalue weighted by Gasteiger charge is 2.32. The largest absolute Gasteiger partial charge is 0.385 e. The van der Waals surface area contributed by atoms with Crippen LogP contribution < -0.4 is 9.60 Å². The predicted octanol–water partition coefficient (Wildman–Crippen LogP) is 3.36. The lowest BCUT2D eigenvalue weighted by molar-refractivity contribution is 0.0257. The maximum atomic E-state index is 12.8. The minimum absolute atomic E-state index is 0.0916. The van der Waals surface area contributed by atoms with Gasteiger partial charge in [-0.25, -0.2) is 0 Å². The van der Waals surface area contributed by atoms with E-state index in [2.05, 4.69) is 5.32 Å². The van der Waals surface area contributed by atoms with Crippen LogP contribution in [0.5, 0.6) is 0 Å². The van der Waals surface area contributed by atoms with Crippen molar-refractivity contribution >= 4 is 21.0 Å². The minimum atomic E-state index is -4.01. The summed E-state index contributed by atoms with van der Waals surface area (Å²) < 4.78 is 32.4. The number of aryl methyl sites for hydroxylation is 1. The van der Waals surface area contributed by atoms with Crippen molar-refractivity contribution in [2.45, 2.75) is 43.6 Å². The summed E-state index contributed by atoms with van der Waals surface area (Å²) in [5, 5.41) is 15.5. The Hall–Kier alpha value is -2.35. The molecule has 1 aliphatic heterocycles. The average molecular weight is 429 g/mol. The van der Waals surface area contributed by atoms with Gasteiger partial charge in [-0.15, -0.1) is 0 Å². The molecular weight excluding hydrogens is 400 g/mol. The number of nitrogens with zero attached hydrogens (tertiary/aromatic N) is 1. The number of rotatable bonds is 6. The molecule has 0 saturated carbocycles. The lowest BCUT2D eigenvalue weighted by Gasteiger charge is -2.31. The minimum Gasteiger partial charge on any atom is -0.385 e. The number of hydrogen-bond donors (Lipinski definition) is 2. The van der Waals surface area contributed by atoms with Crippen molar-refractivity contribution in [3.63, 3.8) is 0 Å². The molecule has 160 valence electrons. The lowest BCUT2D eigenvalue weighted by atomic mass is 9.82. The highest BCUT2D eigenvalue weighted by molar-refractivity contribution is 7.87. The van der Waals surface area contributed by atoms with Crippen molar-refractivity contribution < 1.29 is 17.8 Å². The van der Waals surface area contributed by atoms with E-state index < -0.39 is 15.7 Å². The first-order valence-electron chi connectivity index (χ1n) is 10.3. The van der Waals surface area contributed by atoms with Crippen LogP contribution in [-0.4, -0.2) is 31.3 Å². The summed E-state index contributed by atoms with van der Waals surface area (Å²) >= 11 is 0. The molecule has 30 heavy (non-hydrogen) atoms. The normalized spacial score (nSPS) is 17.7. The molecule has 2 heterocycles. The number of fused-ring (bicyclic) bond motifs is 1. The fourth-order valence-electron chi connectivity index (χ4n) is 4.25. The summed E-state index contributed by atoms with van der Waals surface area (Å²) in [6, 6.07) is 13.9. The highest BCUT2D eigenvalue weighted by atomic mass is 32.2. The first-order chi connectivity index (χ1) is 14.3. The number of aromatic nitrogens is 1. The van der Waals surface area contributed by atoms with Crippen LogP contribution in [0.25, 0.3) is 10.9 Å².